The lowest BCUT2D eigenvalue weighted by molar-refractivity contribution is -0.0957. The standard InChI is InChI=1S/C16H20N2O/c1-14-7-5-6-8-15(14)13-18(19)12-11-17-16-9-3-2-4-10-16/h2-10,17,19H,11-13H2,1H3. The first-order valence-electron chi connectivity index (χ1n) is 6.53. The third-order valence-corrected chi connectivity index (χ3v) is 3.09. The highest BCUT2D eigenvalue weighted by molar-refractivity contribution is 5.42. The summed E-state index contributed by atoms with van der Waals surface area (Å²) in [6.07, 6.45) is 0. The first-order valence-corrected chi connectivity index (χ1v) is 6.53. The Hall–Kier alpha value is -1.84. The van der Waals surface area contributed by atoms with E-state index in [4.69, 9.17) is 0 Å². The molecule has 0 aliphatic carbocycles. The van der Waals surface area contributed by atoms with Gasteiger partial charge in [-0.15, -0.1) is 0 Å². The molecule has 19 heavy (non-hydrogen) atoms. The fraction of sp³-hybridized carbons (Fsp3) is 0.250. The second-order valence-electron chi connectivity index (χ2n) is 4.61. The summed E-state index contributed by atoms with van der Waals surface area (Å²) in [6.45, 7) is 3.92. The van der Waals surface area contributed by atoms with Crippen molar-refractivity contribution >= 4 is 5.69 Å². The maximum Gasteiger partial charge on any atom is 0.0492 e. The van der Waals surface area contributed by atoms with E-state index in [-0.39, 0.29) is 0 Å². The molecular formula is C16H20N2O. The van der Waals surface area contributed by atoms with Crippen molar-refractivity contribution in [2.24, 2.45) is 0 Å². The van der Waals surface area contributed by atoms with Crippen LogP contribution < -0.4 is 5.32 Å². The van der Waals surface area contributed by atoms with Crippen molar-refractivity contribution in [2.45, 2.75) is 13.5 Å². The molecule has 2 rings (SSSR count). The Balaban J connectivity index is 1.76. The van der Waals surface area contributed by atoms with E-state index in [9.17, 15) is 5.21 Å². The molecule has 2 N–H and O–H groups in total. The Morgan fingerprint density at radius 3 is 2.42 bits per heavy atom. The van der Waals surface area contributed by atoms with E-state index in [1.165, 1.54) is 10.6 Å². The van der Waals surface area contributed by atoms with E-state index < -0.39 is 0 Å². The van der Waals surface area contributed by atoms with Gasteiger partial charge in [0.05, 0.1) is 0 Å². The monoisotopic (exact) mass is 256 g/mol. The number of rotatable bonds is 6. The van der Waals surface area contributed by atoms with Gasteiger partial charge in [-0.05, 0) is 30.2 Å². The number of nitrogens with zero attached hydrogens (tertiary/aromatic N) is 1. The Morgan fingerprint density at radius 1 is 1.00 bits per heavy atom. The summed E-state index contributed by atoms with van der Waals surface area (Å²) in [7, 11) is 0. The van der Waals surface area contributed by atoms with Gasteiger partial charge in [-0.3, -0.25) is 0 Å². The molecule has 0 bridgehead atoms. The second-order valence-corrected chi connectivity index (χ2v) is 4.61. The third kappa shape index (κ3) is 4.39. The number of hydrogen-bond acceptors (Lipinski definition) is 3. The molecule has 0 aliphatic rings. The minimum Gasteiger partial charge on any atom is -0.384 e. The highest BCUT2D eigenvalue weighted by atomic mass is 16.5. The van der Waals surface area contributed by atoms with Crippen molar-refractivity contribution < 1.29 is 5.21 Å². The van der Waals surface area contributed by atoms with Crippen LogP contribution in [0.1, 0.15) is 11.1 Å². The molecule has 0 saturated heterocycles. The van der Waals surface area contributed by atoms with Gasteiger partial charge in [0.15, 0.2) is 0 Å². The van der Waals surface area contributed by atoms with Crippen molar-refractivity contribution in [1.29, 1.82) is 0 Å². The summed E-state index contributed by atoms with van der Waals surface area (Å²) in [6, 6.07) is 18.1. The maximum atomic E-state index is 9.90. The van der Waals surface area contributed by atoms with Crippen LogP contribution in [0.15, 0.2) is 54.6 Å². The van der Waals surface area contributed by atoms with E-state index in [1.807, 2.05) is 48.5 Å². The minimum absolute atomic E-state index is 0.559. The molecule has 0 saturated carbocycles. The summed E-state index contributed by atoms with van der Waals surface area (Å²) < 4.78 is 0. The van der Waals surface area contributed by atoms with Gasteiger partial charge in [0, 0.05) is 25.3 Å². The second kappa shape index (κ2) is 6.92. The molecular weight excluding hydrogens is 236 g/mol. The van der Waals surface area contributed by atoms with E-state index in [1.54, 1.807) is 0 Å². The van der Waals surface area contributed by atoms with E-state index in [0.717, 1.165) is 11.3 Å². The first-order chi connectivity index (χ1) is 9.25. The fourth-order valence-corrected chi connectivity index (χ4v) is 1.95. The molecule has 0 spiro atoms. The smallest absolute Gasteiger partial charge is 0.0492 e. The Bertz CT molecular complexity index is 499. The van der Waals surface area contributed by atoms with Gasteiger partial charge in [0.1, 0.15) is 0 Å². The number of nitrogens with one attached hydrogen (secondary N) is 1. The predicted octanol–water partition coefficient (Wildman–Crippen LogP) is 3.30. The van der Waals surface area contributed by atoms with E-state index in [2.05, 4.69) is 18.3 Å². The normalized spacial score (nSPS) is 10.7. The lowest BCUT2D eigenvalue weighted by Crippen LogP contribution is -2.25. The van der Waals surface area contributed by atoms with Crippen molar-refractivity contribution in [2.75, 3.05) is 18.4 Å². The maximum absolute atomic E-state index is 9.90. The molecule has 0 fully saturated rings. The average Bonchev–Trinajstić information content (AvgIpc) is 2.43. The number of benzene rings is 2. The molecule has 0 aromatic heterocycles. The Kier molecular flexibility index (Phi) is 4.95. The molecule has 3 heteroatoms. The zero-order valence-corrected chi connectivity index (χ0v) is 11.2. The van der Waals surface area contributed by atoms with Crippen LogP contribution in [0.2, 0.25) is 0 Å². The van der Waals surface area contributed by atoms with E-state index in [0.29, 0.717) is 19.6 Å². The molecule has 2 aromatic carbocycles. The van der Waals surface area contributed by atoms with Gasteiger partial charge in [-0.2, -0.15) is 5.06 Å². The number of aryl methyl sites for hydroxylation is 1. The van der Waals surface area contributed by atoms with Crippen LogP contribution in [0, 0.1) is 6.92 Å². The molecule has 0 aliphatic heterocycles. The lowest BCUT2D eigenvalue weighted by Gasteiger charge is -2.16. The van der Waals surface area contributed by atoms with Gasteiger partial charge in [0.2, 0.25) is 0 Å². The summed E-state index contributed by atoms with van der Waals surface area (Å²) in [5.41, 5.74) is 3.44. The highest BCUT2D eigenvalue weighted by Gasteiger charge is 2.03. The molecule has 100 valence electrons. The largest absolute Gasteiger partial charge is 0.384 e. The van der Waals surface area contributed by atoms with Gasteiger partial charge in [-0.1, -0.05) is 42.5 Å². The summed E-state index contributed by atoms with van der Waals surface area (Å²) in [5.74, 6) is 0. The Labute approximate surface area is 114 Å². The number of para-hydroxylation sites is 1. The number of anilines is 1. The van der Waals surface area contributed by atoms with Gasteiger partial charge < -0.3 is 10.5 Å². The molecule has 0 atom stereocenters. The molecule has 0 unspecified atom stereocenters. The lowest BCUT2D eigenvalue weighted by atomic mass is 10.1. The molecule has 0 heterocycles. The van der Waals surface area contributed by atoms with Crippen LogP contribution >= 0.6 is 0 Å². The summed E-state index contributed by atoms with van der Waals surface area (Å²) in [4.78, 5) is 0. The van der Waals surface area contributed by atoms with Crippen LogP contribution in [-0.4, -0.2) is 23.4 Å². The highest BCUT2D eigenvalue weighted by Crippen LogP contribution is 2.09. The van der Waals surface area contributed by atoms with Gasteiger partial charge >= 0.3 is 0 Å². The fourth-order valence-electron chi connectivity index (χ4n) is 1.95. The van der Waals surface area contributed by atoms with Crippen LogP contribution in [0.4, 0.5) is 5.69 Å². The van der Waals surface area contributed by atoms with Crippen LogP contribution in [-0.2, 0) is 6.54 Å². The van der Waals surface area contributed by atoms with Crippen molar-refractivity contribution in [3.05, 3.63) is 65.7 Å². The third-order valence-electron chi connectivity index (χ3n) is 3.09. The van der Waals surface area contributed by atoms with Crippen LogP contribution in [0.3, 0.4) is 0 Å². The number of hydroxylamine groups is 2. The summed E-state index contributed by atoms with van der Waals surface area (Å²) >= 11 is 0. The zero-order valence-electron chi connectivity index (χ0n) is 11.2. The van der Waals surface area contributed by atoms with Crippen molar-refractivity contribution in [3.8, 4) is 0 Å². The SMILES string of the molecule is Cc1ccccc1CN(O)CCNc1ccccc1. The van der Waals surface area contributed by atoms with Gasteiger partial charge in [-0.25, -0.2) is 0 Å². The quantitative estimate of drug-likeness (QED) is 0.778. The van der Waals surface area contributed by atoms with Crippen molar-refractivity contribution in [1.82, 2.24) is 5.06 Å². The topological polar surface area (TPSA) is 35.5 Å². The predicted molar refractivity (Wildman–Crippen MR) is 78.3 cm³/mol. The summed E-state index contributed by atoms with van der Waals surface area (Å²) in [5, 5.41) is 14.5. The zero-order chi connectivity index (χ0) is 13.5. The average molecular weight is 256 g/mol. The van der Waals surface area contributed by atoms with Crippen molar-refractivity contribution in [3.63, 3.8) is 0 Å². The minimum atomic E-state index is 0.559. The van der Waals surface area contributed by atoms with E-state index >= 15 is 0 Å². The Morgan fingerprint density at radius 2 is 1.68 bits per heavy atom. The molecule has 0 amide bonds. The molecule has 0 radical (unpaired) electrons. The first kappa shape index (κ1) is 13.6. The van der Waals surface area contributed by atoms with Crippen LogP contribution in [0.25, 0.3) is 0 Å². The van der Waals surface area contributed by atoms with Crippen LogP contribution in [0.5, 0.6) is 0 Å². The number of hydrogen-bond donors (Lipinski definition) is 2. The molecule has 2 aromatic rings. The van der Waals surface area contributed by atoms with Gasteiger partial charge in [0.25, 0.3) is 0 Å². The molecule has 3 nitrogen and oxygen atoms in total.